The van der Waals surface area contributed by atoms with Crippen molar-refractivity contribution in [2.45, 2.75) is 25.9 Å². The normalized spacial score (nSPS) is 10.2. The summed E-state index contributed by atoms with van der Waals surface area (Å²) in [5.74, 6) is 2.06. The maximum Gasteiger partial charge on any atom is 0.304 e. The van der Waals surface area contributed by atoms with Crippen molar-refractivity contribution in [2.24, 2.45) is 5.73 Å². The number of aliphatic carboxylic acids is 1. The molecule has 3 nitrogen and oxygen atoms in total. The maximum absolute atomic E-state index is 10.1. The van der Waals surface area contributed by atoms with Crippen molar-refractivity contribution in [3.05, 3.63) is 0 Å². The molecule has 0 amide bonds. The first-order valence-electron chi connectivity index (χ1n) is 3.90. The van der Waals surface area contributed by atoms with E-state index in [1.807, 2.05) is 0 Å². The van der Waals surface area contributed by atoms with Gasteiger partial charge in [0, 0.05) is 6.42 Å². The molecule has 0 aromatic heterocycles. The van der Waals surface area contributed by atoms with Crippen LogP contribution in [0.3, 0.4) is 0 Å². The predicted octanol–water partition coefficient (Wildman–Crippen LogP) is 0.600. The van der Waals surface area contributed by atoms with Gasteiger partial charge in [0.1, 0.15) is 8.07 Å². The highest BCUT2D eigenvalue weighted by Gasteiger charge is 2.13. The zero-order valence-electron chi connectivity index (χ0n) is 7.55. The van der Waals surface area contributed by atoms with E-state index in [9.17, 15) is 4.79 Å². The molecule has 0 rings (SSSR count). The molecule has 0 aliphatic rings. The van der Waals surface area contributed by atoms with Crippen LogP contribution in [-0.4, -0.2) is 25.3 Å². The van der Waals surface area contributed by atoms with Crippen molar-refractivity contribution >= 4 is 14.0 Å². The van der Waals surface area contributed by atoms with E-state index in [0.717, 1.165) is 0 Å². The minimum absolute atomic E-state index is 0.127. The summed E-state index contributed by atoms with van der Waals surface area (Å²) in [7, 11) is -1.53. The lowest BCUT2D eigenvalue weighted by Crippen LogP contribution is -2.34. The number of hydrogen-bond acceptors (Lipinski definition) is 2. The number of hydrogen-bond donors (Lipinski definition) is 2. The minimum atomic E-state index is -1.53. The van der Waals surface area contributed by atoms with Crippen molar-refractivity contribution < 1.29 is 9.90 Å². The lowest BCUT2D eigenvalue weighted by molar-refractivity contribution is -0.136. The Balaban J connectivity index is 3.80. The number of carbonyl (C=O) groups is 1. The first-order valence-corrected chi connectivity index (χ1v) is 7.10. The van der Waals surface area contributed by atoms with Gasteiger partial charge in [-0.05, 0) is 6.17 Å². The van der Waals surface area contributed by atoms with Gasteiger partial charge in [-0.3, -0.25) is 4.79 Å². The van der Waals surface area contributed by atoms with Crippen LogP contribution in [0.5, 0.6) is 0 Å². The molecule has 4 heteroatoms. The molecule has 3 N–H and O–H groups in total. The van der Waals surface area contributed by atoms with Gasteiger partial charge in [-0.2, -0.15) is 0 Å². The van der Waals surface area contributed by atoms with Crippen molar-refractivity contribution in [2.75, 3.05) is 6.17 Å². The Morgan fingerprint density at radius 3 is 2.58 bits per heavy atom. The van der Waals surface area contributed by atoms with Gasteiger partial charge in [-0.1, -0.05) is 13.1 Å². The van der Waals surface area contributed by atoms with Crippen molar-refractivity contribution in [3.8, 4) is 11.5 Å². The van der Waals surface area contributed by atoms with Crippen LogP contribution in [0.4, 0.5) is 0 Å². The summed E-state index contributed by atoms with van der Waals surface area (Å²) in [6.45, 7) is 4.14. The van der Waals surface area contributed by atoms with E-state index < -0.39 is 14.0 Å². The minimum Gasteiger partial charge on any atom is -0.481 e. The van der Waals surface area contributed by atoms with E-state index in [4.69, 9.17) is 10.8 Å². The Kier molecular flexibility index (Phi) is 4.63. The molecule has 0 saturated heterocycles. The summed E-state index contributed by atoms with van der Waals surface area (Å²) in [6, 6.07) is 0. The molecule has 0 aromatic carbocycles. The Morgan fingerprint density at radius 2 is 2.17 bits per heavy atom. The molecular weight excluding hydrogens is 170 g/mol. The number of carboxylic acids is 1. The molecule has 0 unspecified atom stereocenters. The summed E-state index contributed by atoms with van der Waals surface area (Å²) in [6.07, 6.45) is 1.20. The summed E-state index contributed by atoms with van der Waals surface area (Å²) >= 11 is 0. The third-order valence-corrected chi connectivity index (χ3v) is 3.28. The van der Waals surface area contributed by atoms with Gasteiger partial charge >= 0.3 is 5.97 Å². The fourth-order valence-corrected chi connectivity index (χ4v) is 1.23. The molecular formula is C8H15NO2Si. The van der Waals surface area contributed by atoms with Crippen molar-refractivity contribution in [1.82, 2.24) is 0 Å². The number of carboxylic acid groups (broad SMARTS) is 1. The topological polar surface area (TPSA) is 63.3 Å². The van der Waals surface area contributed by atoms with Crippen molar-refractivity contribution in [1.29, 1.82) is 0 Å². The Bertz CT molecular complexity index is 215. The Labute approximate surface area is 74.0 Å². The molecule has 0 aliphatic heterocycles. The highest BCUT2D eigenvalue weighted by atomic mass is 28.3. The van der Waals surface area contributed by atoms with Gasteiger partial charge < -0.3 is 10.8 Å². The number of nitrogens with two attached hydrogens (primary N) is 1. The van der Waals surface area contributed by atoms with Gasteiger partial charge in [-0.15, -0.1) is 11.5 Å². The quantitative estimate of drug-likeness (QED) is 0.500. The average Bonchev–Trinajstić information content (AvgIpc) is 1.98. The summed E-state index contributed by atoms with van der Waals surface area (Å²) < 4.78 is 0. The molecule has 0 spiro atoms. The van der Waals surface area contributed by atoms with E-state index in [1.54, 1.807) is 0 Å². The molecule has 0 fully saturated rings. The maximum atomic E-state index is 10.1. The molecule has 12 heavy (non-hydrogen) atoms. The van der Waals surface area contributed by atoms with Gasteiger partial charge in [0.2, 0.25) is 0 Å². The van der Waals surface area contributed by atoms with Crippen molar-refractivity contribution in [3.63, 3.8) is 0 Å². The van der Waals surface area contributed by atoms with Crippen LogP contribution < -0.4 is 5.73 Å². The van der Waals surface area contributed by atoms with Crippen LogP contribution in [-0.2, 0) is 4.79 Å². The fraction of sp³-hybridized carbons (Fsp3) is 0.625. The lowest BCUT2D eigenvalue weighted by Gasteiger charge is -2.09. The smallest absolute Gasteiger partial charge is 0.304 e. The largest absolute Gasteiger partial charge is 0.481 e. The second-order valence-electron chi connectivity index (χ2n) is 3.28. The van der Waals surface area contributed by atoms with E-state index in [1.165, 1.54) is 0 Å². The third-order valence-electron chi connectivity index (χ3n) is 1.40. The predicted molar refractivity (Wildman–Crippen MR) is 51.2 cm³/mol. The summed E-state index contributed by atoms with van der Waals surface area (Å²) in [5.41, 5.74) is 8.56. The zero-order chi connectivity index (χ0) is 9.61. The standard InChI is InChI=1S/C8H15NO2Si/c1-12(2,7-9)6-4-3-5-8(10)11/h3,5,7,9H2,1-2H3,(H,10,11). The second-order valence-corrected chi connectivity index (χ2v) is 7.71. The van der Waals surface area contributed by atoms with Gasteiger partial charge in [0.15, 0.2) is 0 Å². The van der Waals surface area contributed by atoms with Crippen LogP contribution in [0.25, 0.3) is 0 Å². The second kappa shape index (κ2) is 4.96. The van der Waals surface area contributed by atoms with E-state index >= 15 is 0 Å². The Morgan fingerprint density at radius 1 is 1.58 bits per heavy atom. The molecule has 0 heterocycles. The molecule has 0 atom stereocenters. The van der Waals surface area contributed by atoms with Gasteiger partial charge in [0.25, 0.3) is 0 Å². The molecule has 0 bridgehead atoms. The first-order chi connectivity index (χ1) is 5.48. The van der Waals surface area contributed by atoms with Gasteiger partial charge in [-0.25, -0.2) is 0 Å². The Hall–Kier alpha value is -0.793. The average molecular weight is 185 g/mol. The molecule has 0 radical (unpaired) electrons. The van der Waals surface area contributed by atoms with Crippen LogP contribution in [0.1, 0.15) is 12.8 Å². The van der Waals surface area contributed by atoms with Crippen LogP contribution >= 0.6 is 0 Å². The zero-order valence-corrected chi connectivity index (χ0v) is 8.55. The molecule has 0 saturated carbocycles. The molecule has 0 aliphatic carbocycles. The first kappa shape index (κ1) is 11.2. The summed E-state index contributed by atoms with van der Waals surface area (Å²) in [5, 5.41) is 8.32. The van der Waals surface area contributed by atoms with Crippen LogP contribution in [0.15, 0.2) is 0 Å². The third kappa shape index (κ3) is 5.95. The van der Waals surface area contributed by atoms with E-state index in [0.29, 0.717) is 12.6 Å². The van der Waals surface area contributed by atoms with E-state index in [-0.39, 0.29) is 6.42 Å². The number of rotatable bonds is 3. The SMILES string of the molecule is C[Si](C)(C#CCCC(=O)O)CN. The fourth-order valence-electron chi connectivity index (χ4n) is 0.522. The van der Waals surface area contributed by atoms with E-state index in [2.05, 4.69) is 24.6 Å². The highest BCUT2D eigenvalue weighted by Crippen LogP contribution is 1.96. The summed E-state index contributed by atoms with van der Waals surface area (Å²) in [4.78, 5) is 10.1. The van der Waals surface area contributed by atoms with Crippen LogP contribution in [0, 0.1) is 11.5 Å². The molecule has 0 aromatic rings. The van der Waals surface area contributed by atoms with Gasteiger partial charge in [0.05, 0.1) is 6.42 Å². The van der Waals surface area contributed by atoms with Crippen LogP contribution in [0.2, 0.25) is 13.1 Å². The highest BCUT2D eigenvalue weighted by molar-refractivity contribution is 6.85. The lowest BCUT2D eigenvalue weighted by atomic mass is 10.3. The monoisotopic (exact) mass is 185 g/mol. The molecule has 68 valence electrons.